The summed E-state index contributed by atoms with van der Waals surface area (Å²) in [5.74, 6) is 1.27. The zero-order chi connectivity index (χ0) is 36.0. The van der Waals surface area contributed by atoms with Gasteiger partial charge in [-0.1, -0.05) is 65.8 Å². The van der Waals surface area contributed by atoms with Crippen LogP contribution in [0.5, 0.6) is 0 Å². The number of rotatable bonds is 12. The van der Waals surface area contributed by atoms with E-state index in [2.05, 4.69) is 171 Å². The average molecular weight is 669 g/mol. The Morgan fingerprint density at radius 1 is 0.551 bits per heavy atom. The molecule has 0 aliphatic carbocycles. The molecule has 10 nitrogen and oxygen atoms in total. The molecule has 0 unspecified atom stereocenters. The summed E-state index contributed by atoms with van der Waals surface area (Å²) in [5.41, 5.74) is 11.9. The van der Waals surface area contributed by atoms with Gasteiger partial charge in [0.15, 0.2) is 0 Å². The number of quaternary nitrogens is 2. The molecule has 10 heteroatoms. The minimum absolute atomic E-state index is 0.318. The average Bonchev–Trinajstić information content (AvgIpc) is 3.75. The predicted octanol–water partition coefficient (Wildman–Crippen LogP) is 7.08. The second kappa shape index (κ2) is 13.9. The Morgan fingerprint density at radius 2 is 0.857 bits per heavy atom. The molecule has 0 N–H and O–H groups in total. The molecule has 1 fully saturated rings. The lowest BCUT2D eigenvalue weighted by atomic mass is 9.90. The number of aromatic nitrogens is 6. The lowest BCUT2D eigenvalue weighted by molar-refractivity contribution is -0.884. The molecule has 0 bridgehead atoms. The summed E-state index contributed by atoms with van der Waals surface area (Å²) in [4.78, 5) is 4.74. The van der Waals surface area contributed by atoms with Crippen LogP contribution in [-0.2, 0) is 13.1 Å². The Labute approximate surface area is 295 Å². The van der Waals surface area contributed by atoms with E-state index in [4.69, 9.17) is 0 Å². The van der Waals surface area contributed by atoms with Gasteiger partial charge in [0.1, 0.15) is 24.5 Å². The molecule has 0 amide bonds. The van der Waals surface area contributed by atoms with Crippen LogP contribution in [-0.4, -0.2) is 94.3 Å². The predicted molar refractivity (Wildman–Crippen MR) is 200 cm³/mol. The highest BCUT2D eigenvalue weighted by Crippen LogP contribution is 2.43. The van der Waals surface area contributed by atoms with Gasteiger partial charge in [0.25, 0.3) is 0 Å². The SMILES string of the molecule is CC(C)c1cc(-n2cc(C[N+](C)(C)C)nn2)cc(C(C)C)c1N1[C]N(c2c(C(C)C)cc(-n3cc(C[N+](C)(C)C)nn3)cc2C(C)C)CC1. The van der Waals surface area contributed by atoms with Gasteiger partial charge in [-0.2, -0.15) is 0 Å². The molecule has 1 aliphatic heterocycles. The van der Waals surface area contributed by atoms with E-state index in [0.29, 0.717) is 23.7 Å². The van der Waals surface area contributed by atoms with E-state index in [1.807, 2.05) is 9.36 Å². The van der Waals surface area contributed by atoms with Crippen molar-refractivity contribution in [2.75, 3.05) is 65.2 Å². The van der Waals surface area contributed by atoms with Gasteiger partial charge in [-0.25, -0.2) is 9.36 Å². The van der Waals surface area contributed by atoms with Gasteiger partial charge in [0, 0.05) is 24.5 Å². The van der Waals surface area contributed by atoms with Crippen LogP contribution in [0.25, 0.3) is 11.4 Å². The normalized spacial score (nSPS) is 14.5. The second-order valence-corrected chi connectivity index (χ2v) is 17.2. The fraction of sp³-hybridized carbons (Fsp3) is 0.564. The molecule has 49 heavy (non-hydrogen) atoms. The number of hydrogen-bond acceptors (Lipinski definition) is 6. The molecule has 1 saturated heterocycles. The first-order valence-corrected chi connectivity index (χ1v) is 17.9. The van der Waals surface area contributed by atoms with Crippen LogP contribution in [0.2, 0.25) is 0 Å². The zero-order valence-electron chi connectivity index (χ0n) is 32.6. The van der Waals surface area contributed by atoms with Crippen molar-refractivity contribution in [1.29, 1.82) is 0 Å². The Morgan fingerprint density at radius 3 is 1.12 bits per heavy atom. The molecule has 2 aromatic heterocycles. The third kappa shape index (κ3) is 8.35. The van der Waals surface area contributed by atoms with Crippen LogP contribution < -0.4 is 9.80 Å². The van der Waals surface area contributed by atoms with Crippen molar-refractivity contribution < 1.29 is 8.97 Å². The summed E-state index contributed by atoms with van der Waals surface area (Å²) in [6, 6.07) is 9.22. The van der Waals surface area contributed by atoms with Crippen LogP contribution in [0.4, 0.5) is 11.4 Å². The summed E-state index contributed by atoms with van der Waals surface area (Å²) < 4.78 is 5.51. The van der Waals surface area contributed by atoms with Crippen molar-refractivity contribution in [2.45, 2.75) is 92.2 Å². The highest BCUT2D eigenvalue weighted by atomic mass is 15.4. The lowest BCUT2D eigenvalue weighted by Gasteiger charge is -2.30. The molecule has 2 radical (unpaired) electrons. The van der Waals surface area contributed by atoms with Crippen LogP contribution in [0, 0.1) is 6.67 Å². The fourth-order valence-electron chi connectivity index (χ4n) is 6.71. The van der Waals surface area contributed by atoms with Gasteiger partial charge in [-0.3, -0.25) is 0 Å². The molecule has 0 atom stereocenters. The number of benzene rings is 2. The van der Waals surface area contributed by atoms with E-state index >= 15 is 0 Å². The first-order valence-electron chi connectivity index (χ1n) is 17.9. The topological polar surface area (TPSA) is 67.9 Å². The van der Waals surface area contributed by atoms with Crippen molar-refractivity contribution >= 4 is 11.4 Å². The number of nitrogens with zero attached hydrogens (tertiary/aromatic N) is 10. The Kier molecular flexibility index (Phi) is 10.3. The van der Waals surface area contributed by atoms with Gasteiger partial charge in [-0.05, 0) is 70.2 Å². The number of hydrogen-bond donors (Lipinski definition) is 0. The third-order valence-corrected chi connectivity index (χ3v) is 9.01. The molecule has 4 aromatic rings. The molecule has 3 heterocycles. The van der Waals surface area contributed by atoms with Crippen molar-refractivity contribution in [2.24, 2.45) is 0 Å². The standard InChI is InChI=1S/C39H60N10/c1-26(2)34-17-32(46-21-30(40-42-46)23-48(9,10)11)18-35(27(3)4)38(34)44-15-16-45(25-44)39-36(28(5)6)19-33(20-37(39)29(7)8)47-22-31(41-43-47)24-49(12,13)14/h17-22,26-29H,15-16,23-24H2,1-14H3/q+2. The van der Waals surface area contributed by atoms with Gasteiger partial charge in [0.2, 0.25) is 6.67 Å². The highest BCUT2D eigenvalue weighted by Gasteiger charge is 2.32. The molecule has 1 aliphatic rings. The second-order valence-electron chi connectivity index (χ2n) is 17.2. The quantitative estimate of drug-likeness (QED) is 0.150. The molecule has 264 valence electrons. The van der Waals surface area contributed by atoms with E-state index in [0.717, 1.165) is 57.9 Å². The van der Waals surface area contributed by atoms with Gasteiger partial charge < -0.3 is 18.8 Å². The van der Waals surface area contributed by atoms with E-state index in [1.54, 1.807) is 0 Å². The van der Waals surface area contributed by atoms with E-state index in [1.165, 1.54) is 33.6 Å². The molecule has 0 saturated carbocycles. The minimum Gasteiger partial charge on any atom is -0.339 e. The molecule has 2 aromatic carbocycles. The monoisotopic (exact) mass is 668 g/mol. The van der Waals surface area contributed by atoms with Gasteiger partial charge in [-0.15, -0.1) is 10.2 Å². The molecule has 5 rings (SSSR count). The Hall–Kier alpha value is -3.76. The maximum absolute atomic E-state index is 4.56. The largest absolute Gasteiger partial charge is 0.339 e. The summed E-state index contributed by atoms with van der Waals surface area (Å²) in [6.07, 6.45) is 4.16. The minimum atomic E-state index is 0.318. The van der Waals surface area contributed by atoms with Crippen LogP contribution in [0.15, 0.2) is 36.7 Å². The summed E-state index contributed by atoms with van der Waals surface area (Å²) in [7, 11) is 13.1. The Bertz CT molecular complexity index is 1560. The lowest BCUT2D eigenvalue weighted by Crippen LogP contribution is -2.33. The Balaban J connectivity index is 1.53. The first-order chi connectivity index (χ1) is 22.8. The van der Waals surface area contributed by atoms with Crippen molar-refractivity contribution in [3.05, 3.63) is 77.0 Å². The summed E-state index contributed by atoms with van der Waals surface area (Å²) >= 11 is 0. The van der Waals surface area contributed by atoms with Crippen LogP contribution in [0.3, 0.4) is 0 Å². The van der Waals surface area contributed by atoms with E-state index in [9.17, 15) is 0 Å². The maximum atomic E-state index is 4.56. The maximum Gasteiger partial charge on any atom is 0.208 e. The fourth-order valence-corrected chi connectivity index (χ4v) is 6.71. The van der Waals surface area contributed by atoms with E-state index in [-0.39, 0.29) is 0 Å². The van der Waals surface area contributed by atoms with Crippen LogP contribution >= 0.6 is 0 Å². The molecular weight excluding hydrogens is 608 g/mol. The van der Waals surface area contributed by atoms with E-state index < -0.39 is 0 Å². The summed E-state index contributed by atoms with van der Waals surface area (Å²) in [5, 5.41) is 18.1. The molecular formula is C39H60N10+2. The molecule has 0 spiro atoms. The zero-order valence-corrected chi connectivity index (χ0v) is 32.6. The van der Waals surface area contributed by atoms with Crippen LogP contribution in [0.1, 0.15) is 113 Å². The summed E-state index contributed by atoms with van der Waals surface area (Å²) in [6.45, 7) is 25.5. The highest BCUT2D eigenvalue weighted by molar-refractivity contribution is 5.72. The first kappa shape index (κ1) is 36.5. The van der Waals surface area contributed by atoms with Gasteiger partial charge >= 0.3 is 0 Å². The smallest absolute Gasteiger partial charge is 0.208 e. The van der Waals surface area contributed by atoms with Gasteiger partial charge in [0.05, 0.1) is 66.1 Å². The van der Waals surface area contributed by atoms with Crippen molar-refractivity contribution in [1.82, 2.24) is 30.0 Å². The third-order valence-electron chi connectivity index (χ3n) is 9.01. The number of anilines is 2. The van der Waals surface area contributed by atoms with Crippen molar-refractivity contribution in [3.63, 3.8) is 0 Å². The van der Waals surface area contributed by atoms with Crippen molar-refractivity contribution in [3.8, 4) is 11.4 Å².